The Morgan fingerprint density at radius 2 is 1.16 bits per heavy atom. The number of aliphatic imine (C=N–C) groups is 2. The third kappa shape index (κ3) is 10.7. The van der Waals surface area contributed by atoms with Crippen LogP contribution in [0.4, 0.5) is 0 Å². The van der Waals surface area contributed by atoms with Crippen LogP contribution in [-0.2, 0) is 25.9 Å². The largest absolute Gasteiger partial charge is 2.00 e. The van der Waals surface area contributed by atoms with Crippen LogP contribution in [0.2, 0.25) is 0 Å². The van der Waals surface area contributed by atoms with Gasteiger partial charge in [-0.2, -0.15) is 0 Å². The minimum atomic E-state index is -0.0219. The molecule has 0 saturated heterocycles. The van der Waals surface area contributed by atoms with Crippen molar-refractivity contribution in [3.8, 4) is 23.0 Å². The number of benzene rings is 3. The molecule has 0 fully saturated rings. The Morgan fingerprint density at radius 3 is 1.56 bits per heavy atom. The summed E-state index contributed by atoms with van der Waals surface area (Å²) in [5, 5.41) is 33.3. The van der Waals surface area contributed by atoms with Crippen LogP contribution >= 0.6 is 0 Å². The van der Waals surface area contributed by atoms with Crippen LogP contribution in [0, 0.1) is 0 Å². The fraction of sp³-hybridized carbons (Fsp3) is 0.167. The van der Waals surface area contributed by atoms with Crippen molar-refractivity contribution in [2.45, 2.75) is 6.42 Å². The van der Waals surface area contributed by atoms with Crippen molar-refractivity contribution in [2.75, 3.05) is 20.2 Å². The summed E-state index contributed by atoms with van der Waals surface area (Å²) in [6.45, 7) is 1.20. The molecule has 0 aromatic heterocycles. The molecule has 3 rings (SSSR count). The van der Waals surface area contributed by atoms with Crippen LogP contribution in [0.15, 0.2) is 82.8 Å². The Kier molecular flexibility index (Phi) is 14.9. The molecule has 171 valence electrons. The van der Waals surface area contributed by atoms with E-state index in [1.54, 1.807) is 55.9 Å². The number of rotatable bonds is 7. The third-order valence-electron chi connectivity index (χ3n) is 3.93. The van der Waals surface area contributed by atoms with Gasteiger partial charge in [0.2, 0.25) is 0 Å². The van der Waals surface area contributed by atoms with Gasteiger partial charge in [-0.3, -0.25) is 9.98 Å². The summed E-state index contributed by atoms with van der Waals surface area (Å²) < 4.78 is 4.83. The van der Waals surface area contributed by atoms with Gasteiger partial charge in [0.25, 0.3) is 0 Å². The monoisotopic (exact) mass is 606 g/mol. The van der Waals surface area contributed by atoms with Crippen LogP contribution in [-0.4, -0.2) is 32.6 Å². The quantitative estimate of drug-likeness (QED) is 0.302. The van der Waals surface area contributed by atoms with E-state index in [4.69, 9.17) is 4.74 Å². The Hall–Kier alpha value is -3.18. The van der Waals surface area contributed by atoms with Crippen molar-refractivity contribution in [3.63, 3.8) is 0 Å². The summed E-state index contributed by atoms with van der Waals surface area (Å²) >= 11 is 0. The summed E-state index contributed by atoms with van der Waals surface area (Å²) in [5.41, 5.74) is 1.20. The molecule has 0 heterocycles. The second-order valence-electron chi connectivity index (χ2n) is 6.18. The van der Waals surface area contributed by atoms with E-state index >= 15 is 0 Å². The van der Waals surface area contributed by atoms with Gasteiger partial charge in [-0.05, 0) is 29.7 Å². The predicted molar refractivity (Wildman–Crippen MR) is 114 cm³/mol. The van der Waals surface area contributed by atoms with E-state index in [1.807, 2.05) is 12.1 Å². The molecule has 0 N–H and O–H groups in total. The van der Waals surface area contributed by atoms with Crippen LogP contribution in [0.1, 0.15) is 17.5 Å². The van der Waals surface area contributed by atoms with Gasteiger partial charge in [-0.25, -0.2) is 0 Å². The second kappa shape index (κ2) is 16.5. The standard InChI is InChI=1S/C17H18N2O2.C7H8O2.O.Re/c20-16-8-3-1-6-14(16)12-18-10-5-11-19-13-15-7-2-4-9-17(15)21;1-9-7-4-2-6(8)3-5-7;;/h1-4,6-9,12-13,20-21H,5,10-11H2;2-5,8H,1H3;;/q;;-2;/p-3. The van der Waals surface area contributed by atoms with Gasteiger partial charge in [-0.1, -0.05) is 60.7 Å². The molecule has 32 heavy (non-hydrogen) atoms. The number of para-hydroxylation sites is 2. The maximum Gasteiger partial charge on any atom is 0.118 e. The van der Waals surface area contributed by atoms with Gasteiger partial charge in [0.15, 0.2) is 0 Å². The predicted octanol–water partition coefficient (Wildman–Crippen LogP) is 2.41. The van der Waals surface area contributed by atoms with Crippen molar-refractivity contribution in [1.29, 1.82) is 0 Å². The van der Waals surface area contributed by atoms with Gasteiger partial charge in [0, 0.05) is 45.9 Å². The van der Waals surface area contributed by atoms with Crippen molar-refractivity contribution >= 4 is 12.4 Å². The van der Waals surface area contributed by atoms with Crippen LogP contribution in [0.25, 0.3) is 0 Å². The van der Waals surface area contributed by atoms with Crippen molar-refractivity contribution < 1.29 is 46.0 Å². The molecule has 7 nitrogen and oxygen atoms in total. The SMILES string of the molecule is COc1ccc([O-])cc1.[O-2].[O-]c1ccccc1C=NCCCN=Cc1ccccc1[O-].[Re]. The maximum atomic E-state index is 11.4. The number of hydrogen-bond acceptors (Lipinski definition) is 6. The van der Waals surface area contributed by atoms with Crippen LogP contribution in [0.5, 0.6) is 23.0 Å². The molecular weight excluding hydrogens is 582 g/mol. The molecule has 0 aliphatic heterocycles. The van der Waals surface area contributed by atoms with Crippen LogP contribution < -0.4 is 20.1 Å². The van der Waals surface area contributed by atoms with Crippen LogP contribution in [0.3, 0.4) is 0 Å². The van der Waals surface area contributed by atoms with E-state index in [0.717, 1.165) is 12.2 Å². The van der Waals surface area contributed by atoms with E-state index in [-0.39, 0.29) is 43.1 Å². The van der Waals surface area contributed by atoms with Crippen molar-refractivity contribution in [3.05, 3.63) is 83.9 Å². The molecule has 3 aromatic rings. The topological polar surface area (TPSA) is 132 Å². The number of ether oxygens (including phenoxy) is 1. The first-order chi connectivity index (χ1) is 14.6. The molecule has 0 amide bonds. The normalized spacial score (nSPS) is 10.0. The Bertz CT molecular complexity index is 907. The Labute approximate surface area is 201 Å². The second-order valence-corrected chi connectivity index (χ2v) is 6.18. The molecule has 0 atom stereocenters. The van der Waals surface area contributed by atoms with Gasteiger partial charge in [-0.15, -0.1) is 17.2 Å². The average Bonchev–Trinajstić information content (AvgIpc) is 2.76. The zero-order chi connectivity index (χ0) is 21.6. The van der Waals surface area contributed by atoms with Gasteiger partial charge in [0.1, 0.15) is 5.75 Å². The summed E-state index contributed by atoms with van der Waals surface area (Å²) in [6, 6.07) is 19.8. The van der Waals surface area contributed by atoms with Gasteiger partial charge in [0.05, 0.1) is 7.11 Å². The minimum Gasteiger partial charge on any atom is -2.00 e. The number of methoxy groups -OCH3 is 1. The molecule has 8 heteroatoms. The van der Waals surface area contributed by atoms with E-state index in [9.17, 15) is 15.3 Å². The molecule has 0 spiro atoms. The molecule has 0 aliphatic carbocycles. The van der Waals surface area contributed by atoms with Crippen molar-refractivity contribution in [1.82, 2.24) is 0 Å². The summed E-state index contributed by atoms with van der Waals surface area (Å²) in [7, 11) is 1.57. The molecule has 1 radical (unpaired) electrons. The fourth-order valence-corrected chi connectivity index (χ4v) is 2.33. The minimum absolute atomic E-state index is 0. The molecule has 0 aliphatic rings. The van der Waals surface area contributed by atoms with Crippen molar-refractivity contribution in [2.24, 2.45) is 9.98 Å². The Balaban J connectivity index is 0.000000741. The van der Waals surface area contributed by atoms with Gasteiger partial charge >= 0.3 is 0 Å². The van der Waals surface area contributed by atoms with E-state index < -0.39 is 0 Å². The first-order valence-electron chi connectivity index (χ1n) is 9.43. The van der Waals surface area contributed by atoms with E-state index in [1.165, 1.54) is 24.3 Å². The molecule has 0 bridgehead atoms. The molecule has 0 unspecified atom stereocenters. The summed E-state index contributed by atoms with van der Waals surface area (Å²) in [6.07, 6.45) is 3.97. The van der Waals surface area contributed by atoms with E-state index in [0.29, 0.717) is 24.2 Å². The summed E-state index contributed by atoms with van der Waals surface area (Å²) in [4.78, 5) is 8.41. The fourth-order valence-electron chi connectivity index (χ4n) is 2.33. The molecule has 3 aromatic carbocycles. The maximum absolute atomic E-state index is 11.4. The Morgan fingerprint density at radius 1 is 0.719 bits per heavy atom. The first kappa shape index (κ1) is 28.8. The van der Waals surface area contributed by atoms with Gasteiger partial charge < -0.3 is 25.5 Å². The molecular formula is C24H23N2O5Re-5. The zero-order valence-electron chi connectivity index (χ0n) is 17.5. The smallest absolute Gasteiger partial charge is 0.118 e. The van der Waals surface area contributed by atoms with E-state index in [2.05, 4.69) is 9.98 Å². The molecule has 0 saturated carbocycles. The number of nitrogens with zero attached hydrogens (tertiary/aromatic N) is 2. The first-order valence-corrected chi connectivity index (χ1v) is 9.43. The summed E-state index contributed by atoms with van der Waals surface area (Å²) in [5.74, 6) is 0.683. The zero-order valence-corrected chi connectivity index (χ0v) is 20.2. The average molecular weight is 606 g/mol. The number of hydrogen-bond donors (Lipinski definition) is 0. The third-order valence-corrected chi connectivity index (χ3v) is 3.93.